The third-order valence-corrected chi connectivity index (χ3v) is 3.57. The highest BCUT2D eigenvalue weighted by Crippen LogP contribution is 2.29. The van der Waals surface area contributed by atoms with Gasteiger partial charge in [-0.2, -0.15) is 0 Å². The molecule has 0 saturated carbocycles. The van der Waals surface area contributed by atoms with Crippen LogP contribution in [0.1, 0.15) is 24.3 Å². The van der Waals surface area contributed by atoms with Crippen molar-refractivity contribution >= 4 is 28.6 Å². The number of ether oxygens (including phenoxy) is 2. The van der Waals surface area contributed by atoms with E-state index in [9.17, 15) is 9.18 Å². The van der Waals surface area contributed by atoms with Crippen LogP contribution in [0.3, 0.4) is 0 Å². The van der Waals surface area contributed by atoms with E-state index in [0.29, 0.717) is 22.8 Å². The van der Waals surface area contributed by atoms with E-state index in [0.717, 1.165) is 5.39 Å². The molecule has 0 aliphatic heterocycles. The molecule has 0 radical (unpaired) electrons. The number of hydrogen-bond acceptors (Lipinski definition) is 5. The Hall–Kier alpha value is -1.82. The van der Waals surface area contributed by atoms with Gasteiger partial charge in [0.15, 0.2) is 11.4 Å². The number of carbonyl (C=O) groups is 1. The SMILES string of the molecule is CCOC(=O)c1nc2cc(F)c(SC)cc2cc1OCC. The summed E-state index contributed by atoms with van der Waals surface area (Å²) < 4.78 is 24.3. The van der Waals surface area contributed by atoms with Gasteiger partial charge in [-0.05, 0) is 32.2 Å². The van der Waals surface area contributed by atoms with Gasteiger partial charge in [0.25, 0.3) is 0 Å². The molecule has 0 N–H and O–H groups in total. The summed E-state index contributed by atoms with van der Waals surface area (Å²) in [5, 5.41) is 0.720. The fourth-order valence-electron chi connectivity index (χ4n) is 1.92. The van der Waals surface area contributed by atoms with Crippen LogP contribution in [0.5, 0.6) is 5.75 Å². The maximum absolute atomic E-state index is 13.8. The number of aromatic nitrogens is 1. The zero-order valence-corrected chi connectivity index (χ0v) is 12.9. The highest BCUT2D eigenvalue weighted by Gasteiger charge is 2.18. The Morgan fingerprint density at radius 2 is 2.05 bits per heavy atom. The zero-order chi connectivity index (χ0) is 15.4. The molecule has 0 spiro atoms. The fraction of sp³-hybridized carbons (Fsp3) is 0.333. The molecule has 21 heavy (non-hydrogen) atoms. The highest BCUT2D eigenvalue weighted by atomic mass is 32.2. The first kappa shape index (κ1) is 15.6. The summed E-state index contributed by atoms with van der Waals surface area (Å²) in [5.41, 5.74) is 0.472. The standard InChI is InChI=1S/C15H16FNO3S/c1-4-19-12-6-9-7-13(21-3)10(16)8-11(9)17-14(12)15(18)20-5-2/h6-8H,4-5H2,1-3H3. The van der Waals surface area contributed by atoms with Gasteiger partial charge in [0, 0.05) is 16.3 Å². The molecule has 4 nitrogen and oxygen atoms in total. The summed E-state index contributed by atoms with van der Waals surface area (Å²) >= 11 is 1.31. The summed E-state index contributed by atoms with van der Waals surface area (Å²) in [7, 11) is 0. The average Bonchev–Trinajstić information content (AvgIpc) is 2.46. The Bertz CT molecular complexity index is 676. The number of hydrogen-bond donors (Lipinski definition) is 0. The molecule has 0 fully saturated rings. The van der Waals surface area contributed by atoms with Gasteiger partial charge in [-0.15, -0.1) is 11.8 Å². The van der Waals surface area contributed by atoms with Crippen LogP contribution >= 0.6 is 11.8 Å². The van der Waals surface area contributed by atoms with Gasteiger partial charge in [0.2, 0.25) is 0 Å². The number of halogens is 1. The van der Waals surface area contributed by atoms with E-state index in [-0.39, 0.29) is 18.1 Å². The Labute approximate surface area is 126 Å². The smallest absolute Gasteiger partial charge is 0.360 e. The molecule has 1 aromatic heterocycles. The molecule has 0 unspecified atom stereocenters. The normalized spacial score (nSPS) is 10.7. The van der Waals surface area contributed by atoms with E-state index in [1.165, 1.54) is 17.8 Å². The molecular weight excluding hydrogens is 293 g/mol. The maximum atomic E-state index is 13.8. The molecule has 0 amide bonds. The van der Waals surface area contributed by atoms with Crippen LogP contribution in [-0.2, 0) is 4.74 Å². The van der Waals surface area contributed by atoms with Crippen molar-refractivity contribution in [2.45, 2.75) is 18.7 Å². The van der Waals surface area contributed by atoms with Crippen LogP contribution in [0.2, 0.25) is 0 Å². The van der Waals surface area contributed by atoms with Gasteiger partial charge in [0.05, 0.1) is 18.7 Å². The third kappa shape index (κ3) is 3.26. The van der Waals surface area contributed by atoms with Crippen molar-refractivity contribution in [1.29, 1.82) is 0 Å². The summed E-state index contributed by atoms with van der Waals surface area (Å²) in [5.74, 6) is -0.583. The largest absolute Gasteiger partial charge is 0.491 e. The number of esters is 1. The van der Waals surface area contributed by atoms with E-state index in [4.69, 9.17) is 9.47 Å². The molecule has 1 aromatic carbocycles. The van der Waals surface area contributed by atoms with Gasteiger partial charge in [-0.1, -0.05) is 0 Å². The van der Waals surface area contributed by atoms with E-state index >= 15 is 0 Å². The minimum atomic E-state index is -0.572. The quantitative estimate of drug-likeness (QED) is 0.623. The highest BCUT2D eigenvalue weighted by molar-refractivity contribution is 7.98. The average molecular weight is 309 g/mol. The first-order valence-corrected chi connectivity index (χ1v) is 7.81. The number of benzene rings is 1. The van der Waals surface area contributed by atoms with Crippen molar-refractivity contribution < 1.29 is 18.7 Å². The molecule has 112 valence electrons. The summed E-state index contributed by atoms with van der Waals surface area (Å²) in [4.78, 5) is 16.7. The second kappa shape index (κ2) is 6.76. The van der Waals surface area contributed by atoms with Crippen LogP contribution in [0.15, 0.2) is 23.1 Å². The Morgan fingerprint density at radius 3 is 2.67 bits per heavy atom. The van der Waals surface area contributed by atoms with Gasteiger partial charge in [0.1, 0.15) is 5.82 Å². The first-order valence-electron chi connectivity index (χ1n) is 6.58. The molecule has 1 heterocycles. The lowest BCUT2D eigenvalue weighted by atomic mass is 10.2. The lowest BCUT2D eigenvalue weighted by Gasteiger charge is -2.11. The Kier molecular flexibility index (Phi) is 5.01. The van der Waals surface area contributed by atoms with E-state index < -0.39 is 5.97 Å². The summed E-state index contributed by atoms with van der Waals surface area (Å²) in [6, 6.07) is 4.71. The molecule has 0 atom stereocenters. The second-order valence-corrected chi connectivity index (χ2v) is 5.02. The van der Waals surface area contributed by atoms with Crippen LogP contribution in [0.4, 0.5) is 4.39 Å². The lowest BCUT2D eigenvalue weighted by Crippen LogP contribution is -2.10. The topological polar surface area (TPSA) is 48.4 Å². The van der Waals surface area contributed by atoms with Crippen molar-refractivity contribution in [3.8, 4) is 5.75 Å². The van der Waals surface area contributed by atoms with E-state index in [1.807, 2.05) is 6.92 Å². The zero-order valence-electron chi connectivity index (χ0n) is 12.1. The third-order valence-electron chi connectivity index (χ3n) is 2.82. The van der Waals surface area contributed by atoms with Crippen LogP contribution in [0, 0.1) is 5.82 Å². The predicted octanol–water partition coefficient (Wildman–Crippen LogP) is 3.67. The molecule has 6 heteroatoms. The number of nitrogens with zero attached hydrogens (tertiary/aromatic N) is 1. The van der Waals surface area contributed by atoms with Crippen molar-refractivity contribution in [2.75, 3.05) is 19.5 Å². The lowest BCUT2D eigenvalue weighted by molar-refractivity contribution is 0.0515. The second-order valence-electron chi connectivity index (χ2n) is 4.17. The molecule has 2 aromatic rings. The van der Waals surface area contributed by atoms with Crippen LogP contribution in [-0.4, -0.2) is 30.4 Å². The molecule has 0 aliphatic rings. The van der Waals surface area contributed by atoms with Crippen LogP contribution in [0.25, 0.3) is 10.9 Å². The van der Waals surface area contributed by atoms with E-state index in [2.05, 4.69) is 4.98 Å². The summed E-state index contributed by atoms with van der Waals surface area (Å²) in [6.07, 6.45) is 1.80. The van der Waals surface area contributed by atoms with Crippen molar-refractivity contribution in [3.05, 3.63) is 29.7 Å². The van der Waals surface area contributed by atoms with E-state index in [1.54, 1.807) is 25.3 Å². The number of rotatable bonds is 5. The fourth-order valence-corrected chi connectivity index (χ4v) is 2.42. The minimum Gasteiger partial charge on any atom is -0.491 e. The van der Waals surface area contributed by atoms with Gasteiger partial charge < -0.3 is 9.47 Å². The monoisotopic (exact) mass is 309 g/mol. The predicted molar refractivity (Wildman–Crippen MR) is 80.6 cm³/mol. The van der Waals surface area contributed by atoms with Gasteiger partial charge >= 0.3 is 5.97 Å². The Balaban J connectivity index is 2.61. The van der Waals surface area contributed by atoms with Gasteiger partial charge in [-0.25, -0.2) is 14.2 Å². The van der Waals surface area contributed by atoms with Gasteiger partial charge in [-0.3, -0.25) is 0 Å². The summed E-state index contributed by atoms with van der Waals surface area (Å²) in [6.45, 7) is 4.17. The molecule has 0 aliphatic carbocycles. The molecule has 0 bridgehead atoms. The Morgan fingerprint density at radius 1 is 1.29 bits per heavy atom. The van der Waals surface area contributed by atoms with Crippen molar-refractivity contribution in [1.82, 2.24) is 4.98 Å². The number of carbonyl (C=O) groups excluding carboxylic acids is 1. The maximum Gasteiger partial charge on any atom is 0.360 e. The van der Waals surface area contributed by atoms with Crippen LogP contribution < -0.4 is 4.74 Å². The van der Waals surface area contributed by atoms with Crippen molar-refractivity contribution in [3.63, 3.8) is 0 Å². The molecule has 0 saturated heterocycles. The number of thioether (sulfide) groups is 1. The first-order chi connectivity index (χ1) is 10.1. The molecular formula is C15H16FNO3S. The number of pyridine rings is 1. The minimum absolute atomic E-state index is 0.0718. The number of fused-ring (bicyclic) bond motifs is 1. The van der Waals surface area contributed by atoms with Crippen molar-refractivity contribution in [2.24, 2.45) is 0 Å². The molecule has 2 rings (SSSR count).